The SMILES string of the molecule is CCCCOC(=O)COC(=O)c1csc(S(N)(=O)=O)c1. The van der Waals surface area contributed by atoms with E-state index in [1.165, 1.54) is 5.38 Å². The summed E-state index contributed by atoms with van der Waals surface area (Å²) in [5.74, 6) is -1.45. The Balaban J connectivity index is 2.47. The molecule has 0 radical (unpaired) electrons. The minimum atomic E-state index is -3.84. The largest absolute Gasteiger partial charge is 0.463 e. The molecule has 0 bridgehead atoms. The Labute approximate surface area is 120 Å². The molecule has 2 N–H and O–H groups in total. The van der Waals surface area contributed by atoms with E-state index in [0.29, 0.717) is 0 Å². The van der Waals surface area contributed by atoms with Gasteiger partial charge in [-0.05, 0) is 12.5 Å². The van der Waals surface area contributed by atoms with Crippen LogP contribution in [0.2, 0.25) is 0 Å². The zero-order valence-electron chi connectivity index (χ0n) is 10.8. The van der Waals surface area contributed by atoms with Crippen LogP contribution in [0.25, 0.3) is 0 Å². The monoisotopic (exact) mass is 321 g/mol. The van der Waals surface area contributed by atoms with Crippen molar-refractivity contribution in [1.82, 2.24) is 0 Å². The van der Waals surface area contributed by atoms with Gasteiger partial charge in [0.1, 0.15) is 4.21 Å². The lowest BCUT2D eigenvalue weighted by atomic mass is 10.3. The second-order valence-corrected chi connectivity index (χ2v) is 6.55. The number of carbonyl (C=O) groups is 2. The Morgan fingerprint density at radius 1 is 1.35 bits per heavy atom. The van der Waals surface area contributed by atoms with Crippen LogP contribution in [-0.4, -0.2) is 33.6 Å². The van der Waals surface area contributed by atoms with Crippen LogP contribution in [0.3, 0.4) is 0 Å². The number of thiophene rings is 1. The molecule has 0 unspecified atom stereocenters. The minimum Gasteiger partial charge on any atom is -0.463 e. The van der Waals surface area contributed by atoms with Gasteiger partial charge < -0.3 is 9.47 Å². The number of nitrogens with two attached hydrogens (primary N) is 1. The summed E-state index contributed by atoms with van der Waals surface area (Å²) >= 11 is 0.806. The normalized spacial score (nSPS) is 11.1. The van der Waals surface area contributed by atoms with Gasteiger partial charge in [0.2, 0.25) is 10.0 Å². The highest BCUT2D eigenvalue weighted by atomic mass is 32.2. The number of carbonyl (C=O) groups excluding carboxylic acids is 2. The molecule has 1 aromatic rings. The lowest BCUT2D eigenvalue weighted by molar-refractivity contribution is -0.147. The Kier molecular flexibility index (Phi) is 6.11. The first-order chi connectivity index (χ1) is 9.34. The fourth-order valence-electron chi connectivity index (χ4n) is 1.15. The van der Waals surface area contributed by atoms with E-state index in [9.17, 15) is 18.0 Å². The highest BCUT2D eigenvalue weighted by molar-refractivity contribution is 7.91. The second kappa shape index (κ2) is 7.36. The fourth-order valence-corrected chi connectivity index (χ4v) is 2.73. The summed E-state index contributed by atoms with van der Waals surface area (Å²) in [6, 6.07) is 1.10. The second-order valence-electron chi connectivity index (χ2n) is 3.85. The molecule has 0 atom stereocenters. The van der Waals surface area contributed by atoms with Gasteiger partial charge in [0, 0.05) is 5.38 Å². The number of rotatable bonds is 7. The van der Waals surface area contributed by atoms with Crippen LogP contribution >= 0.6 is 11.3 Å². The van der Waals surface area contributed by atoms with Crippen molar-refractivity contribution in [2.45, 2.75) is 24.0 Å². The molecule has 0 amide bonds. The van der Waals surface area contributed by atoms with Gasteiger partial charge in [-0.1, -0.05) is 13.3 Å². The number of ether oxygens (including phenoxy) is 2. The zero-order chi connectivity index (χ0) is 15.2. The molecule has 1 rings (SSSR count). The molecule has 0 fully saturated rings. The van der Waals surface area contributed by atoms with Crippen LogP contribution in [0.15, 0.2) is 15.7 Å². The maximum absolute atomic E-state index is 11.6. The minimum absolute atomic E-state index is 0.0281. The zero-order valence-corrected chi connectivity index (χ0v) is 12.5. The topological polar surface area (TPSA) is 113 Å². The van der Waals surface area contributed by atoms with E-state index in [4.69, 9.17) is 14.6 Å². The van der Waals surface area contributed by atoms with Crippen LogP contribution in [0, 0.1) is 0 Å². The van der Waals surface area contributed by atoms with Crippen molar-refractivity contribution >= 4 is 33.3 Å². The average Bonchev–Trinajstić information content (AvgIpc) is 2.85. The maximum Gasteiger partial charge on any atom is 0.344 e. The van der Waals surface area contributed by atoms with Crippen LogP contribution < -0.4 is 5.14 Å². The Hall–Kier alpha value is -1.45. The molecule has 0 aliphatic heterocycles. The third-order valence-electron chi connectivity index (χ3n) is 2.17. The molecular weight excluding hydrogens is 306 g/mol. The number of unbranched alkanes of at least 4 members (excludes halogenated alkanes) is 1. The molecule has 7 nitrogen and oxygen atoms in total. The van der Waals surface area contributed by atoms with Crippen LogP contribution in [0.5, 0.6) is 0 Å². The Morgan fingerprint density at radius 2 is 2.05 bits per heavy atom. The highest BCUT2D eigenvalue weighted by Crippen LogP contribution is 2.19. The third-order valence-corrected chi connectivity index (χ3v) is 4.56. The molecule has 0 saturated carbocycles. The molecule has 0 aromatic carbocycles. The molecule has 0 saturated heterocycles. The summed E-state index contributed by atoms with van der Waals surface area (Å²) in [5, 5.41) is 6.21. The smallest absolute Gasteiger partial charge is 0.344 e. The number of primary sulfonamides is 1. The summed E-state index contributed by atoms with van der Waals surface area (Å²) < 4.78 is 31.4. The van der Waals surface area contributed by atoms with Crippen LogP contribution in [-0.2, 0) is 24.3 Å². The molecule has 0 spiro atoms. The van der Waals surface area contributed by atoms with E-state index in [2.05, 4.69) is 0 Å². The maximum atomic E-state index is 11.6. The van der Waals surface area contributed by atoms with Gasteiger partial charge in [0.25, 0.3) is 0 Å². The van der Waals surface area contributed by atoms with Gasteiger partial charge in [0.15, 0.2) is 6.61 Å². The summed E-state index contributed by atoms with van der Waals surface area (Å²) in [6.07, 6.45) is 1.63. The van der Waals surface area contributed by atoms with E-state index in [-0.39, 0.29) is 16.4 Å². The van der Waals surface area contributed by atoms with Gasteiger partial charge in [-0.2, -0.15) is 0 Å². The van der Waals surface area contributed by atoms with Gasteiger partial charge in [-0.25, -0.2) is 23.1 Å². The first-order valence-corrected chi connectivity index (χ1v) is 8.21. The van der Waals surface area contributed by atoms with Crippen molar-refractivity contribution in [3.8, 4) is 0 Å². The van der Waals surface area contributed by atoms with E-state index in [1.54, 1.807) is 0 Å². The average molecular weight is 321 g/mol. The number of hydrogen-bond acceptors (Lipinski definition) is 7. The lowest BCUT2D eigenvalue weighted by Crippen LogP contribution is -2.17. The first kappa shape index (κ1) is 16.6. The molecule has 112 valence electrons. The molecule has 20 heavy (non-hydrogen) atoms. The van der Waals surface area contributed by atoms with Gasteiger partial charge in [-0.15, -0.1) is 11.3 Å². The van der Waals surface area contributed by atoms with E-state index in [1.807, 2.05) is 6.92 Å². The van der Waals surface area contributed by atoms with Gasteiger partial charge in [0.05, 0.1) is 12.2 Å². The van der Waals surface area contributed by atoms with Gasteiger partial charge in [-0.3, -0.25) is 0 Å². The standard InChI is InChI=1S/C11H15NO6S2/c1-2-3-4-17-9(13)6-18-11(14)8-5-10(19-7-8)20(12,15)16/h5,7H,2-4,6H2,1H3,(H2,12,15,16). The van der Waals surface area contributed by atoms with Crippen molar-refractivity contribution in [3.05, 3.63) is 17.0 Å². The molecule has 0 aliphatic rings. The van der Waals surface area contributed by atoms with Crippen LogP contribution in [0.4, 0.5) is 0 Å². The fraction of sp³-hybridized carbons (Fsp3) is 0.455. The third kappa shape index (κ3) is 5.27. The molecule has 0 aliphatic carbocycles. The summed E-state index contributed by atoms with van der Waals surface area (Å²) in [6.45, 7) is 1.72. The van der Waals surface area contributed by atoms with Crippen molar-refractivity contribution in [2.24, 2.45) is 5.14 Å². The quantitative estimate of drug-likeness (QED) is 0.589. The summed E-state index contributed by atoms with van der Waals surface area (Å²) in [4.78, 5) is 22.8. The highest BCUT2D eigenvalue weighted by Gasteiger charge is 2.17. The van der Waals surface area contributed by atoms with Crippen LogP contribution in [0.1, 0.15) is 30.1 Å². The Bertz CT molecular complexity index is 577. The van der Waals surface area contributed by atoms with Crippen molar-refractivity contribution in [3.63, 3.8) is 0 Å². The first-order valence-electron chi connectivity index (χ1n) is 5.78. The van der Waals surface area contributed by atoms with Crippen molar-refractivity contribution in [2.75, 3.05) is 13.2 Å². The summed E-state index contributed by atoms with van der Waals surface area (Å²) in [5.41, 5.74) is 0.0281. The lowest BCUT2D eigenvalue weighted by Gasteiger charge is -2.04. The predicted octanol–water partition coefficient (Wildman–Crippen LogP) is 0.896. The number of sulfonamides is 1. The van der Waals surface area contributed by atoms with E-state index >= 15 is 0 Å². The summed E-state index contributed by atoms with van der Waals surface area (Å²) in [7, 11) is -3.84. The number of esters is 2. The Morgan fingerprint density at radius 3 is 2.60 bits per heavy atom. The molecule has 1 heterocycles. The van der Waals surface area contributed by atoms with E-state index < -0.39 is 28.6 Å². The van der Waals surface area contributed by atoms with Gasteiger partial charge >= 0.3 is 11.9 Å². The predicted molar refractivity (Wildman–Crippen MR) is 71.8 cm³/mol. The number of hydrogen-bond donors (Lipinski definition) is 1. The van der Waals surface area contributed by atoms with E-state index in [0.717, 1.165) is 30.2 Å². The van der Waals surface area contributed by atoms with Crippen molar-refractivity contribution < 1.29 is 27.5 Å². The molecular formula is C11H15NO6S2. The molecule has 1 aromatic heterocycles. The van der Waals surface area contributed by atoms with Crippen molar-refractivity contribution in [1.29, 1.82) is 0 Å². The molecule has 9 heteroatoms.